The molecule has 1 radical (unpaired) electrons. The Bertz CT molecular complexity index is 761. The van der Waals surface area contributed by atoms with Crippen LogP contribution in [0.2, 0.25) is 0 Å². The predicted molar refractivity (Wildman–Crippen MR) is 115 cm³/mol. The van der Waals surface area contributed by atoms with E-state index in [1.165, 1.54) is 80.9 Å². The number of benzene rings is 2. The van der Waals surface area contributed by atoms with Crippen LogP contribution in [0.15, 0.2) is 30.3 Å². The van der Waals surface area contributed by atoms with Gasteiger partial charge in [-0.25, -0.2) is 0 Å². The molecule has 0 atom stereocenters. The fraction of sp³-hybridized carbons (Fsp3) is 0.538. The van der Waals surface area contributed by atoms with E-state index >= 15 is 0 Å². The highest BCUT2D eigenvalue weighted by atomic mass is 16.5. The van der Waals surface area contributed by atoms with Crippen LogP contribution in [0.4, 0.5) is 0 Å². The zero-order valence-corrected chi connectivity index (χ0v) is 17.4. The van der Waals surface area contributed by atoms with E-state index in [0.29, 0.717) is 11.8 Å². The molecule has 2 aromatic carbocycles. The zero-order valence-electron chi connectivity index (χ0n) is 17.4. The van der Waals surface area contributed by atoms with Crippen molar-refractivity contribution >= 4 is 0 Å². The van der Waals surface area contributed by atoms with Gasteiger partial charge in [-0.15, -0.1) is 0 Å². The van der Waals surface area contributed by atoms with Gasteiger partial charge in [-0.2, -0.15) is 0 Å². The molecule has 2 heteroatoms. The second kappa shape index (κ2) is 9.03. The lowest BCUT2D eigenvalue weighted by molar-refractivity contribution is 0.397. The third-order valence-corrected chi connectivity index (χ3v) is 6.75. The summed E-state index contributed by atoms with van der Waals surface area (Å²) in [7, 11) is 3.50. The molecule has 2 nitrogen and oxygen atoms in total. The van der Waals surface area contributed by atoms with Crippen molar-refractivity contribution in [3.63, 3.8) is 0 Å². The van der Waals surface area contributed by atoms with Crippen molar-refractivity contribution in [3.05, 3.63) is 47.5 Å². The highest BCUT2D eigenvalue weighted by Gasteiger charge is 2.25. The topological polar surface area (TPSA) is 18.5 Å². The Kier molecular flexibility index (Phi) is 6.24. The lowest BCUT2D eigenvalue weighted by Gasteiger charge is -2.28. The largest absolute Gasteiger partial charge is 0.496 e. The summed E-state index contributed by atoms with van der Waals surface area (Å²) in [5.41, 5.74) is 5.16. The summed E-state index contributed by atoms with van der Waals surface area (Å²) >= 11 is 0. The predicted octanol–water partition coefficient (Wildman–Crippen LogP) is 7.27. The van der Waals surface area contributed by atoms with Gasteiger partial charge in [0.15, 0.2) is 0 Å². The Balaban J connectivity index is 1.82. The lowest BCUT2D eigenvalue weighted by Crippen LogP contribution is -2.10. The van der Waals surface area contributed by atoms with Crippen molar-refractivity contribution in [3.8, 4) is 22.6 Å². The summed E-state index contributed by atoms with van der Waals surface area (Å²) in [4.78, 5) is 0. The minimum atomic E-state index is 0.599. The number of ether oxygens (including phenoxy) is 2. The second-order valence-electron chi connectivity index (χ2n) is 8.45. The molecule has 0 N–H and O–H groups in total. The van der Waals surface area contributed by atoms with Crippen LogP contribution in [0.3, 0.4) is 0 Å². The number of hydrogen-bond acceptors (Lipinski definition) is 2. The van der Waals surface area contributed by atoms with Crippen molar-refractivity contribution in [1.82, 2.24) is 0 Å². The molecule has 2 fully saturated rings. The normalized spacial score (nSPS) is 18.8. The molecule has 2 saturated carbocycles. The molecule has 0 heterocycles. The smallest absolute Gasteiger partial charge is 0.130 e. The minimum absolute atomic E-state index is 0.599. The first-order chi connectivity index (χ1) is 13.8. The van der Waals surface area contributed by atoms with Crippen LogP contribution in [0.1, 0.15) is 87.2 Å². The first-order valence-corrected chi connectivity index (χ1v) is 11.1. The third kappa shape index (κ3) is 3.92. The van der Waals surface area contributed by atoms with Gasteiger partial charge in [0.2, 0.25) is 0 Å². The average Bonchev–Trinajstić information content (AvgIpc) is 2.79. The molecule has 2 aliphatic rings. The maximum atomic E-state index is 5.74. The second-order valence-corrected chi connectivity index (χ2v) is 8.45. The first kappa shape index (κ1) is 19.4. The van der Waals surface area contributed by atoms with Crippen LogP contribution in [0, 0.1) is 6.07 Å². The summed E-state index contributed by atoms with van der Waals surface area (Å²) in [6.45, 7) is 0. The maximum Gasteiger partial charge on any atom is 0.130 e. The first-order valence-electron chi connectivity index (χ1n) is 11.1. The molecule has 0 saturated heterocycles. The van der Waals surface area contributed by atoms with Gasteiger partial charge in [-0.05, 0) is 72.4 Å². The third-order valence-electron chi connectivity index (χ3n) is 6.75. The molecule has 0 unspecified atom stereocenters. The van der Waals surface area contributed by atoms with Crippen molar-refractivity contribution in [2.24, 2.45) is 0 Å². The summed E-state index contributed by atoms with van der Waals surface area (Å²) in [6.07, 6.45) is 13.3. The SMILES string of the molecule is COc1cccc(OC)c1-c1ccc(C2CCCCC2)[c]c1C1CCCCC1. The van der Waals surface area contributed by atoms with Gasteiger partial charge in [0.25, 0.3) is 0 Å². The number of methoxy groups -OCH3 is 2. The molecule has 0 bridgehead atoms. The molecule has 0 spiro atoms. The van der Waals surface area contributed by atoms with Gasteiger partial charge in [-0.1, -0.05) is 56.7 Å². The Labute approximate surface area is 170 Å². The molecule has 0 aliphatic heterocycles. The fourth-order valence-corrected chi connectivity index (χ4v) is 5.23. The van der Waals surface area contributed by atoms with Gasteiger partial charge in [0.1, 0.15) is 11.5 Å². The van der Waals surface area contributed by atoms with Crippen molar-refractivity contribution in [1.29, 1.82) is 0 Å². The van der Waals surface area contributed by atoms with Gasteiger partial charge < -0.3 is 9.47 Å². The van der Waals surface area contributed by atoms with E-state index in [4.69, 9.17) is 9.47 Å². The molecule has 149 valence electrons. The van der Waals surface area contributed by atoms with Crippen molar-refractivity contribution < 1.29 is 9.47 Å². The van der Waals surface area contributed by atoms with Gasteiger partial charge in [0.05, 0.1) is 19.8 Å². The molecule has 2 aromatic rings. The van der Waals surface area contributed by atoms with Crippen molar-refractivity contribution in [2.75, 3.05) is 14.2 Å². The van der Waals surface area contributed by atoms with E-state index in [2.05, 4.69) is 18.2 Å². The molecule has 0 amide bonds. The van der Waals surface area contributed by atoms with Gasteiger partial charge in [0, 0.05) is 0 Å². The molecule has 0 aromatic heterocycles. The van der Waals surface area contributed by atoms with Gasteiger partial charge >= 0.3 is 0 Å². The summed E-state index contributed by atoms with van der Waals surface area (Å²) in [5.74, 6) is 3.05. The Morgan fingerprint density at radius 3 is 1.86 bits per heavy atom. The number of rotatable bonds is 5. The van der Waals surface area contributed by atoms with Crippen LogP contribution >= 0.6 is 0 Å². The summed E-state index contributed by atoms with van der Waals surface area (Å²) in [6, 6.07) is 14.7. The quantitative estimate of drug-likeness (QED) is 0.545. The summed E-state index contributed by atoms with van der Waals surface area (Å²) < 4.78 is 11.5. The standard InChI is InChI=1S/C26H33O2/c1-27-24-14-9-15-25(28-2)26(24)22-17-16-21(19-10-5-3-6-11-19)18-23(22)20-12-7-4-8-13-20/h9,14-17,19-20H,3-8,10-13H2,1-2H3. The minimum Gasteiger partial charge on any atom is -0.496 e. The lowest BCUT2D eigenvalue weighted by atomic mass is 9.77. The van der Waals surface area contributed by atoms with Crippen LogP contribution in [0.25, 0.3) is 11.1 Å². The Morgan fingerprint density at radius 2 is 1.29 bits per heavy atom. The molecular formula is C26H33O2. The summed E-state index contributed by atoms with van der Waals surface area (Å²) in [5, 5.41) is 0. The van der Waals surface area contributed by atoms with E-state index in [1.54, 1.807) is 14.2 Å². The number of hydrogen-bond donors (Lipinski definition) is 0. The monoisotopic (exact) mass is 377 g/mol. The maximum absolute atomic E-state index is 5.74. The zero-order chi connectivity index (χ0) is 19.3. The molecule has 2 aliphatic carbocycles. The van der Waals surface area contributed by atoms with E-state index in [-0.39, 0.29) is 0 Å². The molecule has 4 rings (SSSR count). The van der Waals surface area contributed by atoms with Crippen LogP contribution < -0.4 is 9.47 Å². The van der Waals surface area contributed by atoms with Gasteiger partial charge in [-0.3, -0.25) is 0 Å². The van der Waals surface area contributed by atoms with E-state index in [1.807, 2.05) is 18.2 Å². The van der Waals surface area contributed by atoms with Crippen LogP contribution in [-0.4, -0.2) is 14.2 Å². The average molecular weight is 378 g/mol. The Hall–Kier alpha value is -1.96. The van der Waals surface area contributed by atoms with E-state index in [0.717, 1.165) is 17.1 Å². The van der Waals surface area contributed by atoms with Crippen molar-refractivity contribution in [2.45, 2.75) is 76.0 Å². The van der Waals surface area contributed by atoms with E-state index in [9.17, 15) is 0 Å². The molecular weight excluding hydrogens is 344 g/mol. The van der Waals surface area contributed by atoms with Crippen LogP contribution in [-0.2, 0) is 0 Å². The highest BCUT2D eigenvalue weighted by Crippen LogP contribution is 2.46. The Morgan fingerprint density at radius 1 is 0.714 bits per heavy atom. The van der Waals surface area contributed by atoms with E-state index < -0.39 is 0 Å². The fourth-order valence-electron chi connectivity index (χ4n) is 5.23. The molecule has 28 heavy (non-hydrogen) atoms. The highest BCUT2D eigenvalue weighted by molar-refractivity contribution is 5.80. The van der Waals surface area contributed by atoms with Crippen LogP contribution in [0.5, 0.6) is 11.5 Å².